The first-order chi connectivity index (χ1) is 7.29. The number of likely N-dealkylation sites (N-methyl/N-ethyl adjacent to an activating group) is 1. The number of hydrogen-bond acceptors (Lipinski definition) is 3. The summed E-state index contributed by atoms with van der Waals surface area (Å²) in [4.78, 5) is 9.06. The Kier molecular flexibility index (Phi) is 8.12. The number of pyridine rings is 1. The zero-order chi connectivity index (χ0) is 10.7. The number of rotatable bonds is 2. The first-order valence-corrected chi connectivity index (χ1v) is 6.16. The van der Waals surface area contributed by atoms with Crippen LogP contribution >= 0.6 is 40.7 Å². The molecule has 6 heteroatoms. The summed E-state index contributed by atoms with van der Waals surface area (Å²) in [7, 11) is 0. The fourth-order valence-corrected chi connectivity index (χ4v) is 2.25. The molecule has 0 aliphatic carbocycles. The fraction of sp³-hybridized carbons (Fsp3) is 0.545. The molecule has 3 nitrogen and oxygen atoms in total. The number of halogens is 3. The number of anilines is 1. The lowest BCUT2D eigenvalue weighted by Crippen LogP contribution is -2.46. The molecule has 98 valence electrons. The maximum absolute atomic E-state index is 4.20. The van der Waals surface area contributed by atoms with Gasteiger partial charge in [-0.15, -0.1) is 24.8 Å². The van der Waals surface area contributed by atoms with Gasteiger partial charge in [-0.05, 0) is 28.5 Å². The zero-order valence-corrected chi connectivity index (χ0v) is 13.0. The normalized spacial score (nSPS) is 16.0. The van der Waals surface area contributed by atoms with Crippen LogP contribution in [0.15, 0.2) is 22.9 Å². The standard InChI is InChI=1S/C11H16BrN3.2ClH/c1-2-14-3-5-15(6-4-14)11-7-10(12)8-13-9-11;;/h7-9H,2-6H2,1H3;2*1H. The first-order valence-electron chi connectivity index (χ1n) is 5.37. The largest absolute Gasteiger partial charge is 0.368 e. The Morgan fingerprint density at radius 3 is 2.35 bits per heavy atom. The van der Waals surface area contributed by atoms with Gasteiger partial charge in [0.25, 0.3) is 0 Å². The lowest BCUT2D eigenvalue weighted by molar-refractivity contribution is 0.271. The SMILES string of the molecule is CCN1CCN(c2cncc(Br)c2)CC1.Cl.Cl. The van der Waals surface area contributed by atoms with Crippen LogP contribution in [-0.2, 0) is 0 Å². The van der Waals surface area contributed by atoms with Crippen LogP contribution < -0.4 is 4.90 Å². The number of nitrogens with zero attached hydrogens (tertiary/aromatic N) is 3. The van der Waals surface area contributed by atoms with Gasteiger partial charge >= 0.3 is 0 Å². The van der Waals surface area contributed by atoms with Gasteiger partial charge in [0, 0.05) is 36.8 Å². The minimum atomic E-state index is 0. The van der Waals surface area contributed by atoms with Crippen molar-refractivity contribution in [3.63, 3.8) is 0 Å². The molecule has 0 bridgehead atoms. The van der Waals surface area contributed by atoms with Crippen molar-refractivity contribution >= 4 is 46.4 Å². The third kappa shape index (κ3) is 4.62. The Bertz CT molecular complexity index is 330. The van der Waals surface area contributed by atoms with Crippen molar-refractivity contribution in [1.29, 1.82) is 0 Å². The summed E-state index contributed by atoms with van der Waals surface area (Å²) in [5, 5.41) is 0. The van der Waals surface area contributed by atoms with E-state index in [2.05, 4.69) is 43.7 Å². The van der Waals surface area contributed by atoms with Gasteiger partial charge < -0.3 is 9.80 Å². The average molecular weight is 343 g/mol. The molecule has 1 aliphatic rings. The van der Waals surface area contributed by atoms with Gasteiger partial charge in [-0.25, -0.2) is 0 Å². The maximum Gasteiger partial charge on any atom is 0.0564 e. The van der Waals surface area contributed by atoms with Crippen molar-refractivity contribution in [1.82, 2.24) is 9.88 Å². The summed E-state index contributed by atoms with van der Waals surface area (Å²) in [5.74, 6) is 0. The van der Waals surface area contributed by atoms with Crippen LogP contribution in [0.25, 0.3) is 0 Å². The molecule has 1 fully saturated rings. The number of aromatic nitrogens is 1. The van der Waals surface area contributed by atoms with E-state index in [1.54, 1.807) is 0 Å². The predicted octanol–water partition coefficient (Wildman–Crippen LogP) is 2.83. The molecule has 0 atom stereocenters. The molecule has 0 aromatic carbocycles. The van der Waals surface area contributed by atoms with Crippen molar-refractivity contribution in [3.8, 4) is 0 Å². The molecule has 0 unspecified atom stereocenters. The van der Waals surface area contributed by atoms with Gasteiger partial charge in [0.15, 0.2) is 0 Å². The highest BCUT2D eigenvalue weighted by Crippen LogP contribution is 2.19. The zero-order valence-electron chi connectivity index (χ0n) is 9.80. The minimum absolute atomic E-state index is 0. The smallest absolute Gasteiger partial charge is 0.0564 e. The Morgan fingerprint density at radius 2 is 1.82 bits per heavy atom. The van der Waals surface area contributed by atoms with E-state index in [1.165, 1.54) is 5.69 Å². The van der Waals surface area contributed by atoms with Crippen LogP contribution in [0.4, 0.5) is 5.69 Å². The van der Waals surface area contributed by atoms with Crippen molar-refractivity contribution in [2.45, 2.75) is 6.92 Å². The van der Waals surface area contributed by atoms with E-state index in [4.69, 9.17) is 0 Å². The minimum Gasteiger partial charge on any atom is -0.368 e. The molecule has 1 aromatic heterocycles. The molecule has 0 radical (unpaired) electrons. The van der Waals surface area contributed by atoms with E-state index >= 15 is 0 Å². The third-order valence-electron chi connectivity index (χ3n) is 2.88. The van der Waals surface area contributed by atoms with E-state index in [0.29, 0.717) is 0 Å². The van der Waals surface area contributed by atoms with Crippen LogP contribution in [0.2, 0.25) is 0 Å². The molecule has 1 saturated heterocycles. The van der Waals surface area contributed by atoms with Crippen molar-refractivity contribution in [3.05, 3.63) is 22.9 Å². The Hall–Kier alpha value is -0.0300. The molecule has 0 amide bonds. The second kappa shape index (κ2) is 8.14. The van der Waals surface area contributed by atoms with Gasteiger partial charge in [0.05, 0.1) is 11.9 Å². The Morgan fingerprint density at radius 1 is 1.18 bits per heavy atom. The summed E-state index contributed by atoms with van der Waals surface area (Å²) in [6.45, 7) is 7.89. The molecule has 0 N–H and O–H groups in total. The number of hydrogen-bond donors (Lipinski definition) is 0. The molecule has 1 aromatic rings. The highest BCUT2D eigenvalue weighted by atomic mass is 79.9. The Balaban J connectivity index is 0.00000128. The van der Waals surface area contributed by atoms with E-state index in [9.17, 15) is 0 Å². The molecule has 0 spiro atoms. The second-order valence-electron chi connectivity index (χ2n) is 3.78. The van der Waals surface area contributed by atoms with Gasteiger partial charge in [-0.1, -0.05) is 6.92 Å². The predicted molar refractivity (Wildman–Crippen MR) is 80.8 cm³/mol. The van der Waals surface area contributed by atoms with E-state index in [0.717, 1.165) is 37.2 Å². The molecule has 1 aliphatic heterocycles. The fourth-order valence-electron chi connectivity index (χ4n) is 1.90. The summed E-state index contributed by atoms with van der Waals surface area (Å²) in [5.41, 5.74) is 1.22. The third-order valence-corrected chi connectivity index (χ3v) is 3.31. The van der Waals surface area contributed by atoms with Crippen LogP contribution in [0, 0.1) is 0 Å². The molecule has 17 heavy (non-hydrogen) atoms. The average Bonchev–Trinajstić information content (AvgIpc) is 2.29. The summed E-state index contributed by atoms with van der Waals surface area (Å²) < 4.78 is 1.05. The van der Waals surface area contributed by atoms with E-state index in [1.807, 2.05) is 12.4 Å². The first kappa shape index (κ1) is 17.0. The molecule has 2 rings (SSSR count). The topological polar surface area (TPSA) is 19.4 Å². The summed E-state index contributed by atoms with van der Waals surface area (Å²) in [6, 6.07) is 2.13. The highest BCUT2D eigenvalue weighted by molar-refractivity contribution is 9.10. The van der Waals surface area contributed by atoms with Gasteiger partial charge in [0.1, 0.15) is 0 Å². The summed E-state index contributed by atoms with van der Waals surface area (Å²) in [6.07, 6.45) is 3.76. The number of piperazine rings is 1. The van der Waals surface area contributed by atoms with Gasteiger partial charge in [0.2, 0.25) is 0 Å². The van der Waals surface area contributed by atoms with Gasteiger partial charge in [-0.3, -0.25) is 4.98 Å². The lowest BCUT2D eigenvalue weighted by Gasteiger charge is -2.35. The van der Waals surface area contributed by atoms with E-state index in [-0.39, 0.29) is 24.8 Å². The maximum atomic E-state index is 4.20. The van der Waals surface area contributed by atoms with E-state index < -0.39 is 0 Å². The van der Waals surface area contributed by atoms with Gasteiger partial charge in [-0.2, -0.15) is 0 Å². The highest BCUT2D eigenvalue weighted by Gasteiger charge is 2.15. The monoisotopic (exact) mass is 341 g/mol. The summed E-state index contributed by atoms with van der Waals surface area (Å²) >= 11 is 3.45. The second-order valence-corrected chi connectivity index (χ2v) is 4.70. The lowest BCUT2D eigenvalue weighted by atomic mass is 10.3. The molecular weight excluding hydrogens is 325 g/mol. The molecular formula is C11H18BrCl2N3. The molecule has 2 heterocycles. The van der Waals surface area contributed by atoms with Crippen LogP contribution in [0.5, 0.6) is 0 Å². The van der Waals surface area contributed by atoms with Crippen molar-refractivity contribution < 1.29 is 0 Å². The van der Waals surface area contributed by atoms with Crippen molar-refractivity contribution in [2.24, 2.45) is 0 Å². The van der Waals surface area contributed by atoms with Crippen molar-refractivity contribution in [2.75, 3.05) is 37.6 Å². The van der Waals surface area contributed by atoms with Crippen LogP contribution in [0.1, 0.15) is 6.92 Å². The quantitative estimate of drug-likeness (QED) is 0.823. The van der Waals surface area contributed by atoms with Crippen LogP contribution in [0.3, 0.4) is 0 Å². The Labute approximate surface area is 124 Å². The van der Waals surface area contributed by atoms with Crippen LogP contribution in [-0.4, -0.2) is 42.6 Å². The molecule has 0 saturated carbocycles.